The van der Waals surface area contributed by atoms with Gasteiger partial charge in [0.1, 0.15) is 19.6 Å². The van der Waals surface area contributed by atoms with Crippen molar-refractivity contribution < 1.29 is 19.1 Å². The van der Waals surface area contributed by atoms with Gasteiger partial charge in [0.2, 0.25) is 5.91 Å². The molecule has 120 valence electrons. The molecule has 0 unspecified atom stereocenters. The lowest BCUT2D eigenvalue weighted by molar-refractivity contribution is -0.115. The highest BCUT2D eigenvalue weighted by molar-refractivity contribution is 6.09. The summed E-state index contributed by atoms with van der Waals surface area (Å²) in [5.41, 5.74) is 1.53. The summed E-state index contributed by atoms with van der Waals surface area (Å²) in [6.45, 7) is 0.959. The first-order valence-corrected chi connectivity index (χ1v) is 7.38. The predicted molar refractivity (Wildman–Crippen MR) is 86.2 cm³/mol. The van der Waals surface area contributed by atoms with Gasteiger partial charge in [-0.25, -0.2) is 0 Å². The van der Waals surface area contributed by atoms with Gasteiger partial charge in [-0.15, -0.1) is 0 Å². The first kappa shape index (κ1) is 15.6. The first-order valence-electron chi connectivity index (χ1n) is 7.38. The van der Waals surface area contributed by atoms with Gasteiger partial charge in [-0.3, -0.25) is 9.59 Å². The van der Waals surface area contributed by atoms with Crippen LogP contribution in [0.1, 0.15) is 22.3 Å². The molecule has 1 amide bonds. The van der Waals surface area contributed by atoms with E-state index in [2.05, 4.69) is 5.32 Å². The van der Waals surface area contributed by atoms with Gasteiger partial charge >= 0.3 is 0 Å². The maximum atomic E-state index is 12.5. The third kappa shape index (κ3) is 3.36. The molecule has 0 saturated carbocycles. The average Bonchev–Trinajstić information content (AvgIpc) is 2.61. The molecule has 1 aliphatic rings. The van der Waals surface area contributed by atoms with Gasteiger partial charge in [-0.05, 0) is 42.5 Å². The number of rotatable bonds is 4. The quantitative estimate of drug-likeness (QED) is 0.874. The molecule has 0 aromatic heterocycles. The van der Waals surface area contributed by atoms with Crippen LogP contribution in [0.2, 0.25) is 0 Å². The molecule has 6 heteroatoms. The molecule has 0 fully saturated rings. The van der Waals surface area contributed by atoms with Crippen molar-refractivity contribution in [1.29, 1.82) is 5.26 Å². The average molecular weight is 322 g/mol. The second kappa shape index (κ2) is 6.84. The van der Waals surface area contributed by atoms with E-state index in [1.165, 1.54) is 0 Å². The van der Waals surface area contributed by atoms with Crippen LogP contribution in [0.25, 0.3) is 0 Å². The van der Waals surface area contributed by atoms with Gasteiger partial charge in [0, 0.05) is 16.8 Å². The topological polar surface area (TPSA) is 88.4 Å². The minimum absolute atomic E-state index is 0.151. The lowest BCUT2D eigenvalue weighted by Gasteiger charge is -2.18. The van der Waals surface area contributed by atoms with E-state index >= 15 is 0 Å². The van der Waals surface area contributed by atoms with Gasteiger partial charge in [0.25, 0.3) is 0 Å². The summed E-state index contributed by atoms with van der Waals surface area (Å²) in [5, 5.41) is 11.0. The summed E-state index contributed by atoms with van der Waals surface area (Å²) >= 11 is 0. The Morgan fingerprint density at radius 1 is 1.00 bits per heavy atom. The Hall–Kier alpha value is -3.33. The Labute approximate surface area is 138 Å². The van der Waals surface area contributed by atoms with Crippen LogP contribution in [0.4, 0.5) is 5.69 Å². The molecule has 0 atom stereocenters. The van der Waals surface area contributed by atoms with Crippen LogP contribution < -0.4 is 14.8 Å². The van der Waals surface area contributed by atoms with Crippen LogP contribution in [0, 0.1) is 11.3 Å². The molecule has 1 N–H and O–H groups in total. The Kier molecular flexibility index (Phi) is 4.43. The van der Waals surface area contributed by atoms with Crippen molar-refractivity contribution in [3.8, 4) is 17.6 Å². The number of amides is 1. The highest BCUT2D eigenvalue weighted by atomic mass is 16.6. The van der Waals surface area contributed by atoms with Crippen LogP contribution >= 0.6 is 0 Å². The Morgan fingerprint density at radius 2 is 1.67 bits per heavy atom. The Bertz CT molecular complexity index is 822. The lowest BCUT2D eigenvalue weighted by atomic mass is 10.0. The number of benzene rings is 2. The van der Waals surface area contributed by atoms with Gasteiger partial charge in [-0.2, -0.15) is 5.26 Å². The number of nitriles is 1. The molecule has 1 heterocycles. The highest BCUT2D eigenvalue weighted by Crippen LogP contribution is 2.31. The van der Waals surface area contributed by atoms with E-state index in [1.54, 1.807) is 48.5 Å². The van der Waals surface area contributed by atoms with Gasteiger partial charge in [-0.1, -0.05) is 0 Å². The zero-order valence-electron chi connectivity index (χ0n) is 12.7. The third-order valence-corrected chi connectivity index (χ3v) is 3.47. The lowest BCUT2D eigenvalue weighted by Crippen LogP contribution is -2.16. The summed E-state index contributed by atoms with van der Waals surface area (Å²) in [7, 11) is 0. The van der Waals surface area contributed by atoms with E-state index in [-0.39, 0.29) is 18.1 Å². The number of hydrogen-bond acceptors (Lipinski definition) is 5. The summed E-state index contributed by atoms with van der Waals surface area (Å²) in [6, 6.07) is 13.4. The van der Waals surface area contributed by atoms with E-state index in [0.717, 1.165) is 0 Å². The molecule has 2 aromatic carbocycles. The number of carbonyl (C=O) groups is 2. The number of nitrogens with one attached hydrogen (secondary N) is 1. The smallest absolute Gasteiger partial charge is 0.238 e. The fourth-order valence-electron chi connectivity index (χ4n) is 2.33. The van der Waals surface area contributed by atoms with Crippen LogP contribution in [0.5, 0.6) is 11.5 Å². The molecular weight excluding hydrogens is 308 g/mol. The second-order valence-electron chi connectivity index (χ2n) is 5.15. The molecule has 3 rings (SSSR count). The van der Waals surface area contributed by atoms with E-state index in [0.29, 0.717) is 41.5 Å². The second-order valence-corrected chi connectivity index (χ2v) is 5.15. The van der Waals surface area contributed by atoms with Crippen molar-refractivity contribution in [2.75, 3.05) is 18.5 Å². The minimum atomic E-state index is -0.386. The van der Waals surface area contributed by atoms with Crippen molar-refractivity contribution in [2.45, 2.75) is 6.42 Å². The van der Waals surface area contributed by atoms with Gasteiger partial charge in [0.05, 0.1) is 6.07 Å². The van der Waals surface area contributed by atoms with Crippen LogP contribution in [0.15, 0.2) is 42.5 Å². The number of ether oxygens (including phenoxy) is 2. The molecular formula is C18H14N2O4. The van der Waals surface area contributed by atoms with E-state index in [4.69, 9.17) is 14.7 Å². The number of carbonyl (C=O) groups excluding carboxylic acids is 2. The molecule has 0 bridgehead atoms. The van der Waals surface area contributed by atoms with E-state index < -0.39 is 0 Å². The normalized spacial score (nSPS) is 12.1. The summed E-state index contributed by atoms with van der Waals surface area (Å²) < 4.78 is 10.9. The van der Waals surface area contributed by atoms with Gasteiger partial charge in [0.15, 0.2) is 17.3 Å². The zero-order valence-corrected chi connectivity index (χ0v) is 12.7. The Balaban J connectivity index is 1.75. The SMILES string of the molecule is N#CCC(=O)Nc1ccc(C(=O)c2ccc3c(c2)OCCO3)cc1. The molecule has 0 aliphatic carbocycles. The van der Waals surface area contributed by atoms with Crippen LogP contribution in [-0.4, -0.2) is 24.9 Å². The van der Waals surface area contributed by atoms with Crippen LogP contribution in [0.3, 0.4) is 0 Å². The largest absolute Gasteiger partial charge is 0.486 e. The number of ketones is 1. The highest BCUT2D eigenvalue weighted by Gasteiger charge is 2.16. The van der Waals surface area contributed by atoms with Crippen molar-refractivity contribution >= 4 is 17.4 Å². The first-order chi connectivity index (χ1) is 11.7. The van der Waals surface area contributed by atoms with Crippen LogP contribution in [-0.2, 0) is 4.79 Å². The summed E-state index contributed by atoms with van der Waals surface area (Å²) in [5.74, 6) is 0.658. The molecule has 0 saturated heterocycles. The molecule has 0 radical (unpaired) electrons. The van der Waals surface area contributed by atoms with E-state index in [1.807, 2.05) is 0 Å². The van der Waals surface area contributed by atoms with Crippen molar-refractivity contribution in [2.24, 2.45) is 0 Å². The fourth-order valence-corrected chi connectivity index (χ4v) is 2.33. The molecule has 1 aliphatic heterocycles. The molecule has 6 nitrogen and oxygen atoms in total. The standard InChI is InChI=1S/C18H14N2O4/c19-8-7-17(21)20-14-4-1-12(2-5-14)18(22)13-3-6-15-16(11-13)24-10-9-23-15/h1-6,11H,7,9-10H2,(H,20,21). The number of hydrogen-bond donors (Lipinski definition) is 1. The zero-order chi connectivity index (χ0) is 16.9. The number of fused-ring (bicyclic) bond motifs is 1. The minimum Gasteiger partial charge on any atom is -0.486 e. The van der Waals surface area contributed by atoms with Crippen molar-refractivity contribution in [3.05, 3.63) is 53.6 Å². The van der Waals surface area contributed by atoms with Crippen molar-refractivity contribution in [3.63, 3.8) is 0 Å². The Morgan fingerprint density at radius 3 is 2.38 bits per heavy atom. The number of anilines is 1. The number of nitrogens with zero attached hydrogens (tertiary/aromatic N) is 1. The molecule has 0 spiro atoms. The molecule has 2 aromatic rings. The third-order valence-electron chi connectivity index (χ3n) is 3.47. The summed E-state index contributed by atoms with van der Waals surface area (Å²) in [4.78, 5) is 23.9. The predicted octanol–water partition coefficient (Wildman–Crippen LogP) is 2.54. The fraction of sp³-hybridized carbons (Fsp3) is 0.167. The monoisotopic (exact) mass is 322 g/mol. The maximum absolute atomic E-state index is 12.5. The van der Waals surface area contributed by atoms with E-state index in [9.17, 15) is 9.59 Å². The van der Waals surface area contributed by atoms with Gasteiger partial charge < -0.3 is 14.8 Å². The summed E-state index contributed by atoms with van der Waals surface area (Å²) in [6.07, 6.45) is -0.210. The molecule has 24 heavy (non-hydrogen) atoms. The van der Waals surface area contributed by atoms with Crippen molar-refractivity contribution in [1.82, 2.24) is 0 Å². The maximum Gasteiger partial charge on any atom is 0.238 e.